The lowest BCUT2D eigenvalue weighted by Crippen LogP contribution is -2.35. The van der Waals surface area contributed by atoms with Crippen molar-refractivity contribution in [1.29, 1.82) is 5.41 Å². The molecule has 0 aliphatic carbocycles. The van der Waals surface area contributed by atoms with E-state index in [1.54, 1.807) is 12.1 Å². The first-order valence-corrected chi connectivity index (χ1v) is 7.73. The van der Waals surface area contributed by atoms with E-state index in [2.05, 4.69) is 10.1 Å². The van der Waals surface area contributed by atoms with Gasteiger partial charge in [-0.2, -0.15) is 15.1 Å². The van der Waals surface area contributed by atoms with E-state index in [0.717, 1.165) is 11.8 Å². The molecule has 1 aromatic heterocycles. The quantitative estimate of drug-likeness (QED) is 0.852. The number of nitrogens with one attached hydrogen (secondary N) is 1. The van der Waals surface area contributed by atoms with E-state index in [0.29, 0.717) is 21.5 Å². The van der Waals surface area contributed by atoms with Gasteiger partial charge in [0.15, 0.2) is 16.6 Å². The van der Waals surface area contributed by atoms with Crippen molar-refractivity contribution in [2.24, 2.45) is 10.1 Å². The Bertz CT molecular complexity index is 929. The molecule has 118 valence electrons. The Balaban J connectivity index is 1.70. The summed E-state index contributed by atoms with van der Waals surface area (Å²) in [6.07, 6.45) is 3.02. The highest BCUT2D eigenvalue weighted by atomic mass is 32.2. The molecule has 2 aliphatic heterocycles. The van der Waals surface area contributed by atoms with Gasteiger partial charge in [0.05, 0.1) is 11.8 Å². The van der Waals surface area contributed by atoms with Gasteiger partial charge < -0.3 is 4.42 Å². The van der Waals surface area contributed by atoms with Gasteiger partial charge in [0, 0.05) is 0 Å². The average molecular weight is 340 g/mol. The fourth-order valence-corrected chi connectivity index (χ4v) is 3.08. The molecule has 4 rings (SSSR count). The van der Waals surface area contributed by atoms with Crippen LogP contribution in [0.15, 0.2) is 62.7 Å². The number of carbonyl (C=O) groups is 1. The number of amides is 1. The highest BCUT2D eigenvalue weighted by Gasteiger charge is 2.36. The number of benzene rings is 1. The number of hydrogen-bond donors (Lipinski definition) is 1. The Morgan fingerprint density at radius 3 is 2.75 bits per heavy atom. The fourth-order valence-electron chi connectivity index (χ4n) is 2.22. The van der Waals surface area contributed by atoms with Crippen molar-refractivity contribution in [2.45, 2.75) is 0 Å². The minimum atomic E-state index is -0.529. The van der Waals surface area contributed by atoms with Crippen molar-refractivity contribution < 1.29 is 13.6 Å². The molecule has 1 N–H and O–H groups in total. The van der Waals surface area contributed by atoms with Crippen LogP contribution in [0.25, 0.3) is 6.08 Å². The molecule has 1 aromatic carbocycles. The van der Waals surface area contributed by atoms with Crippen LogP contribution in [-0.2, 0) is 4.79 Å². The summed E-state index contributed by atoms with van der Waals surface area (Å²) in [5.74, 6) is -0.435. The van der Waals surface area contributed by atoms with E-state index in [1.165, 1.54) is 41.6 Å². The maximum absolute atomic E-state index is 13.0. The first kappa shape index (κ1) is 14.6. The summed E-state index contributed by atoms with van der Waals surface area (Å²) in [7, 11) is 0. The molecule has 0 fully saturated rings. The number of aliphatic imine (C=N–C) groups is 1. The van der Waals surface area contributed by atoms with Gasteiger partial charge in [-0.25, -0.2) is 4.39 Å². The van der Waals surface area contributed by atoms with Gasteiger partial charge in [-0.3, -0.25) is 10.2 Å². The predicted molar refractivity (Wildman–Crippen MR) is 89.2 cm³/mol. The lowest BCUT2D eigenvalue weighted by molar-refractivity contribution is -0.114. The Labute approximate surface area is 139 Å². The van der Waals surface area contributed by atoms with Crippen molar-refractivity contribution in [2.75, 3.05) is 0 Å². The second-order valence-electron chi connectivity index (χ2n) is 4.95. The van der Waals surface area contributed by atoms with Crippen LogP contribution in [0, 0.1) is 11.2 Å². The number of furan rings is 1. The van der Waals surface area contributed by atoms with Crippen LogP contribution >= 0.6 is 11.8 Å². The van der Waals surface area contributed by atoms with Gasteiger partial charge >= 0.3 is 0 Å². The number of thioether (sulfide) groups is 1. The zero-order chi connectivity index (χ0) is 16.7. The molecular formula is C16H9FN4O2S. The molecule has 0 bridgehead atoms. The first-order chi connectivity index (χ1) is 11.6. The third kappa shape index (κ3) is 2.46. The molecule has 3 heterocycles. The number of fused-ring (bicyclic) bond motifs is 1. The van der Waals surface area contributed by atoms with Gasteiger partial charge in [-0.1, -0.05) is 12.1 Å². The summed E-state index contributed by atoms with van der Waals surface area (Å²) < 4.78 is 18.3. The van der Waals surface area contributed by atoms with E-state index >= 15 is 0 Å². The summed E-state index contributed by atoms with van der Waals surface area (Å²) >= 11 is 1.16. The van der Waals surface area contributed by atoms with E-state index in [9.17, 15) is 9.18 Å². The van der Waals surface area contributed by atoms with Crippen molar-refractivity contribution in [3.63, 3.8) is 0 Å². The summed E-state index contributed by atoms with van der Waals surface area (Å²) in [6, 6.07) is 9.10. The standard InChI is InChI=1S/C16H9FN4O2S/c17-10-5-3-9(4-6-10)8-11-13(18)21-16(19-14(11)22)24-15(20-21)12-2-1-7-23-12/h1-8,18H/b11-8-,18-13?. The molecule has 6 nitrogen and oxygen atoms in total. The third-order valence-electron chi connectivity index (χ3n) is 3.37. The monoisotopic (exact) mass is 340 g/mol. The van der Waals surface area contributed by atoms with Gasteiger partial charge in [0.2, 0.25) is 5.17 Å². The number of hydrogen-bond acceptors (Lipinski definition) is 5. The molecule has 0 saturated heterocycles. The lowest BCUT2D eigenvalue weighted by atomic mass is 10.1. The molecule has 0 unspecified atom stereocenters. The zero-order valence-corrected chi connectivity index (χ0v) is 12.9. The number of amidine groups is 2. The minimum absolute atomic E-state index is 0.0802. The van der Waals surface area contributed by atoms with Crippen LogP contribution < -0.4 is 0 Å². The normalized spacial score (nSPS) is 18.7. The Morgan fingerprint density at radius 2 is 2.04 bits per heavy atom. The van der Waals surface area contributed by atoms with Gasteiger partial charge in [-0.05, 0) is 47.7 Å². The second-order valence-corrected chi connectivity index (χ2v) is 5.91. The Morgan fingerprint density at radius 1 is 1.25 bits per heavy atom. The van der Waals surface area contributed by atoms with Crippen LogP contribution in [0.5, 0.6) is 0 Å². The molecule has 24 heavy (non-hydrogen) atoms. The first-order valence-electron chi connectivity index (χ1n) is 6.91. The van der Waals surface area contributed by atoms with Crippen LogP contribution in [0.2, 0.25) is 0 Å². The molecule has 1 amide bonds. The van der Waals surface area contributed by atoms with Crippen molar-refractivity contribution in [3.05, 3.63) is 65.4 Å². The van der Waals surface area contributed by atoms with Crippen LogP contribution in [0.3, 0.4) is 0 Å². The summed E-state index contributed by atoms with van der Waals surface area (Å²) in [5, 5.41) is 14.7. The van der Waals surface area contributed by atoms with E-state index in [-0.39, 0.29) is 17.2 Å². The SMILES string of the molecule is N=C1/C(=C/c2ccc(F)cc2)C(=O)N=C2SC(c3ccco3)=NN12. The molecule has 2 aromatic rings. The maximum Gasteiger partial charge on any atom is 0.283 e. The summed E-state index contributed by atoms with van der Waals surface area (Å²) in [4.78, 5) is 16.2. The van der Waals surface area contributed by atoms with E-state index in [4.69, 9.17) is 9.83 Å². The number of hydrazone groups is 1. The lowest BCUT2D eigenvalue weighted by Gasteiger charge is -2.20. The smallest absolute Gasteiger partial charge is 0.283 e. The second kappa shape index (κ2) is 5.57. The topological polar surface area (TPSA) is 82.0 Å². The van der Waals surface area contributed by atoms with Crippen LogP contribution in [0.1, 0.15) is 11.3 Å². The molecule has 8 heteroatoms. The molecule has 0 spiro atoms. The van der Waals surface area contributed by atoms with Crippen molar-refractivity contribution in [3.8, 4) is 0 Å². The highest BCUT2D eigenvalue weighted by molar-refractivity contribution is 8.27. The van der Waals surface area contributed by atoms with E-state index < -0.39 is 5.91 Å². The molecular weight excluding hydrogens is 331 g/mol. The van der Waals surface area contributed by atoms with Crippen LogP contribution in [0.4, 0.5) is 4.39 Å². The number of rotatable bonds is 2. The van der Waals surface area contributed by atoms with Gasteiger partial charge in [0.25, 0.3) is 5.91 Å². The average Bonchev–Trinajstić information content (AvgIpc) is 3.22. The maximum atomic E-state index is 13.0. The van der Waals surface area contributed by atoms with Crippen molar-refractivity contribution in [1.82, 2.24) is 5.01 Å². The largest absolute Gasteiger partial charge is 0.462 e. The minimum Gasteiger partial charge on any atom is -0.462 e. The number of halogens is 1. The Kier molecular flexibility index (Phi) is 3.39. The molecule has 0 atom stereocenters. The molecule has 0 saturated carbocycles. The van der Waals surface area contributed by atoms with Gasteiger partial charge in [0.1, 0.15) is 5.82 Å². The molecule has 0 radical (unpaired) electrons. The number of carbonyl (C=O) groups excluding carboxylic acids is 1. The summed E-state index contributed by atoms with van der Waals surface area (Å²) in [5.41, 5.74) is 0.695. The zero-order valence-electron chi connectivity index (χ0n) is 12.1. The van der Waals surface area contributed by atoms with Gasteiger partial charge in [-0.15, -0.1) is 0 Å². The number of nitrogens with zero attached hydrogens (tertiary/aromatic N) is 3. The predicted octanol–water partition coefficient (Wildman–Crippen LogP) is 3.09. The fraction of sp³-hybridized carbons (Fsp3) is 0. The summed E-state index contributed by atoms with van der Waals surface area (Å²) in [6.45, 7) is 0. The van der Waals surface area contributed by atoms with Crippen molar-refractivity contribution >= 4 is 39.8 Å². The molecule has 2 aliphatic rings. The highest BCUT2D eigenvalue weighted by Crippen LogP contribution is 2.30. The third-order valence-corrected chi connectivity index (χ3v) is 4.29. The Hall–Kier alpha value is -3.00. The van der Waals surface area contributed by atoms with Crippen LogP contribution in [-0.4, -0.2) is 27.0 Å². The van der Waals surface area contributed by atoms with E-state index in [1.807, 2.05) is 0 Å².